The van der Waals surface area contributed by atoms with E-state index >= 15 is 0 Å². The summed E-state index contributed by atoms with van der Waals surface area (Å²) in [5.41, 5.74) is 2.00. The van der Waals surface area contributed by atoms with E-state index < -0.39 is 6.04 Å². The van der Waals surface area contributed by atoms with E-state index in [1.54, 1.807) is 6.08 Å². The summed E-state index contributed by atoms with van der Waals surface area (Å²) in [7, 11) is 0. The third-order valence-electron chi connectivity index (χ3n) is 2.83. The molecule has 0 aliphatic carbocycles. The number of nitrogens with zero attached hydrogens (tertiary/aromatic N) is 1. The molecule has 3 rings (SSSR count). The first-order chi connectivity index (χ1) is 8.83. The summed E-state index contributed by atoms with van der Waals surface area (Å²) in [5, 5.41) is 6.03. The highest BCUT2D eigenvalue weighted by Crippen LogP contribution is 2.22. The van der Waals surface area contributed by atoms with Crippen LogP contribution in [0.2, 0.25) is 0 Å². The molecule has 1 aromatic rings. The topological polar surface area (TPSA) is 62.7 Å². The normalized spacial score (nSPS) is 20.4. The van der Waals surface area contributed by atoms with Crippen molar-refractivity contribution in [3.8, 4) is 0 Å². The van der Waals surface area contributed by atoms with Gasteiger partial charge in [-0.05, 0) is 11.6 Å². The molecule has 2 heterocycles. The number of amidine groups is 1. The highest BCUT2D eigenvalue weighted by Gasteiger charge is 2.23. The van der Waals surface area contributed by atoms with Crippen LogP contribution in [0.15, 0.2) is 35.3 Å². The van der Waals surface area contributed by atoms with Gasteiger partial charge in [0, 0.05) is 12.2 Å². The molecule has 1 atom stereocenters. The minimum absolute atomic E-state index is 0.314. The van der Waals surface area contributed by atoms with E-state index in [0.29, 0.717) is 12.6 Å². The number of ether oxygens (including phenoxy) is 1. The van der Waals surface area contributed by atoms with Gasteiger partial charge in [0.2, 0.25) is 0 Å². The lowest BCUT2D eigenvalue weighted by Gasteiger charge is -2.20. The molecule has 0 aromatic heterocycles. The minimum atomic E-state index is -0.468. The number of esters is 1. The van der Waals surface area contributed by atoms with Crippen LogP contribution in [0.3, 0.4) is 0 Å². The van der Waals surface area contributed by atoms with Gasteiger partial charge >= 0.3 is 5.97 Å². The summed E-state index contributed by atoms with van der Waals surface area (Å²) in [6.45, 7) is 1.37. The van der Waals surface area contributed by atoms with Gasteiger partial charge in [-0.25, -0.2) is 9.79 Å². The van der Waals surface area contributed by atoms with Crippen molar-refractivity contribution >= 4 is 23.8 Å². The molecule has 0 spiro atoms. The van der Waals surface area contributed by atoms with Gasteiger partial charge in [0.25, 0.3) is 6.02 Å². The van der Waals surface area contributed by atoms with Gasteiger partial charge in [-0.1, -0.05) is 30.4 Å². The standard InChI is InChI=1S/C13H13N3O2/c17-12(18-13-14-7-8-15-13)11-6-5-9-3-1-2-4-10(9)16-11/h1-6,11,16H,7-8H2,(H,14,15). The quantitative estimate of drug-likeness (QED) is 0.722. The molecule has 2 N–H and O–H groups in total. The smallest absolute Gasteiger partial charge is 0.340 e. The predicted octanol–water partition coefficient (Wildman–Crippen LogP) is 0.996. The Hall–Kier alpha value is -2.30. The molecule has 2 aliphatic rings. The first-order valence-corrected chi connectivity index (χ1v) is 5.87. The van der Waals surface area contributed by atoms with Crippen LogP contribution in [0.1, 0.15) is 5.56 Å². The predicted molar refractivity (Wildman–Crippen MR) is 69.3 cm³/mol. The van der Waals surface area contributed by atoms with E-state index in [1.807, 2.05) is 30.3 Å². The Morgan fingerprint density at radius 3 is 3.11 bits per heavy atom. The van der Waals surface area contributed by atoms with Gasteiger partial charge in [0.15, 0.2) is 0 Å². The molecule has 92 valence electrons. The van der Waals surface area contributed by atoms with Crippen molar-refractivity contribution in [1.82, 2.24) is 5.32 Å². The number of fused-ring (bicyclic) bond motifs is 1. The van der Waals surface area contributed by atoms with Crippen LogP contribution in [-0.4, -0.2) is 31.1 Å². The van der Waals surface area contributed by atoms with Gasteiger partial charge in [-0.2, -0.15) is 0 Å². The maximum Gasteiger partial charge on any atom is 0.340 e. The zero-order valence-corrected chi connectivity index (χ0v) is 9.72. The van der Waals surface area contributed by atoms with Gasteiger partial charge in [-0.15, -0.1) is 0 Å². The Morgan fingerprint density at radius 1 is 1.39 bits per heavy atom. The van der Waals surface area contributed by atoms with E-state index in [4.69, 9.17) is 4.74 Å². The average molecular weight is 243 g/mol. The lowest BCUT2D eigenvalue weighted by atomic mass is 10.1. The summed E-state index contributed by atoms with van der Waals surface area (Å²) >= 11 is 0. The van der Waals surface area contributed by atoms with Gasteiger partial charge in [0.1, 0.15) is 6.04 Å². The van der Waals surface area contributed by atoms with Crippen molar-refractivity contribution in [3.63, 3.8) is 0 Å². The van der Waals surface area contributed by atoms with E-state index in [2.05, 4.69) is 15.6 Å². The Kier molecular flexibility index (Phi) is 2.72. The number of aliphatic imine (C=N–C) groups is 1. The van der Waals surface area contributed by atoms with Crippen LogP contribution in [-0.2, 0) is 9.53 Å². The highest BCUT2D eigenvalue weighted by atomic mass is 16.6. The molecule has 0 saturated carbocycles. The second kappa shape index (κ2) is 4.52. The zero-order valence-electron chi connectivity index (χ0n) is 9.72. The van der Waals surface area contributed by atoms with Crippen molar-refractivity contribution in [2.75, 3.05) is 18.4 Å². The third-order valence-corrected chi connectivity index (χ3v) is 2.83. The summed E-state index contributed by atoms with van der Waals surface area (Å²) in [4.78, 5) is 15.9. The van der Waals surface area contributed by atoms with Gasteiger partial charge in [-0.3, -0.25) is 0 Å². The minimum Gasteiger partial charge on any atom is -0.391 e. The molecule has 0 amide bonds. The lowest BCUT2D eigenvalue weighted by molar-refractivity contribution is -0.135. The number of carbonyl (C=O) groups excluding carboxylic acids is 1. The zero-order chi connectivity index (χ0) is 12.4. The number of nitrogens with one attached hydrogen (secondary N) is 2. The molecule has 1 unspecified atom stereocenters. The van der Waals surface area contributed by atoms with E-state index in [9.17, 15) is 4.79 Å². The van der Waals surface area contributed by atoms with Crippen molar-refractivity contribution in [1.29, 1.82) is 0 Å². The number of para-hydroxylation sites is 1. The van der Waals surface area contributed by atoms with Crippen LogP contribution in [0.5, 0.6) is 0 Å². The van der Waals surface area contributed by atoms with E-state index in [1.165, 1.54) is 0 Å². The largest absolute Gasteiger partial charge is 0.391 e. The van der Waals surface area contributed by atoms with Crippen molar-refractivity contribution in [2.24, 2.45) is 4.99 Å². The fraction of sp³-hybridized carbons (Fsp3) is 0.231. The summed E-state index contributed by atoms with van der Waals surface area (Å²) in [5.74, 6) is -0.353. The van der Waals surface area contributed by atoms with Crippen molar-refractivity contribution in [2.45, 2.75) is 6.04 Å². The molecule has 0 radical (unpaired) electrons. The molecule has 0 saturated heterocycles. The van der Waals surface area contributed by atoms with Crippen LogP contribution in [0.25, 0.3) is 6.08 Å². The van der Waals surface area contributed by atoms with E-state index in [-0.39, 0.29) is 5.97 Å². The molecule has 5 heteroatoms. The van der Waals surface area contributed by atoms with E-state index in [0.717, 1.165) is 17.8 Å². The monoisotopic (exact) mass is 243 g/mol. The molecule has 0 bridgehead atoms. The second-order valence-corrected chi connectivity index (χ2v) is 4.10. The van der Waals surface area contributed by atoms with Gasteiger partial charge < -0.3 is 15.4 Å². The number of hydrogen-bond donors (Lipinski definition) is 2. The number of hydrogen-bond acceptors (Lipinski definition) is 5. The lowest BCUT2D eigenvalue weighted by Crippen LogP contribution is -2.35. The molecule has 18 heavy (non-hydrogen) atoms. The fourth-order valence-corrected chi connectivity index (χ4v) is 1.93. The maximum atomic E-state index is 11.9. The first-order valence-electron chi connectivity index (χ1n) is 5.87. The van der Waals surface area contributed by atoms with Gasteiger partial charge in [0.05, 0.1) is 6.54 Å². The Morgan fingerprint density at radius 2 is 2.28 bits per heavy atom. The van der Waals surface area contributed by atoms with Crippen LogP contribution in [0, 0.1) is 0 Å². The molecule has 1 aromatic carbocycles. The number of carbonyl (C=O) groups is 1. The van der Waals surface area contributed by atoms with Crippen LogP contribution in [0.4, 0.5) is 5.69 Å². The number of rotatable bonds is 1. The Bertz CT molecular complexity index is 537. The SMILES string of the molecule is O=C(OC1=NCCN1)C1C=Cc2ccccc2N1. The third kappa shape index (κ3) is 2.07. The molecule has 5 nitrogen and oxygen atoms in total. The summed E-state index contributed by atoms with van der Waals surface area (Å²) in [6, 6.07) is 7.66. The van der Waals surface area contributed by atoms with Crippen molar-refractivity contribution in [3.05, 3.63) is 35.9 Å². The molecule has 2 aliphatic heterocycles. The Balaban J connectivity index is 1.70. The summed E-state index contributed by atoms with van der Waals surface area (Å²) < 4.78 is 5.15. The number of anilines is 1. The average Bonchev–Trinajstić information content (AvgIpc) is 2.91. The Labute approximate surface area is 105 Å². The molecular weight excluding hydrogens is 230 g/mol. The number of benzene rings is 1. The maximum absolute atomic E-state index is 11.9. The first kappa shape index (κ1) is 10.8. The molecular formula is C13H13N3O2. The summed E-state index contributed by atoms with van der Waals surface area (Å²) in [6.07, 6.45) is 3.71. The highest BCUT2D eigenvalue weighted by molar-refractivity contribution is 5.95. The molecule has 0 fully saturated rings. The van der Waals surface area contributed by atoms with Crippen molar-refractivity contribution < 1.29 is 9.53 Å². The van der Waals surface area contributed by atoms with Crippen LogP contribution >= 0.6 is 0 Å². The second-order valence-electron chi connectivity index (χ2n) is 4.10. The van der Waals surface area contributed by atoms with Crippen LogP contribution < -0.4 is 10.6 Å². The fourth-order valence-electron chi connectivity index (χ4n) is 1.93.